The highest BCUT2D eigenvalue weighted by atomic mass is 28.5. The Labute approximate surface area is 243 Å². The van der Waals surface area contributed by atoms with Crippen LogP contribution in [-0.2, 0) is 56.3 Å². The van der Waals surface area contributed by atoms with E-state index in [4.69, 9.17) is 56.3 Å². The van der Waals surface area contributed by atoms with Gasteiger partial charge in [-0.3, -0.25) is 0 Å². The fourth-order valence-corrected chi connectivity index (χ4v) is 35.2. The third-order valence-corrected chi connectivity index (χ3v) is 33.9. The molecule has 20 heteroatoms. The predicted molar refractivity (Wildman–Crippen MR) is 161 cm³/mol. The first-order chi connectivity index (χ1) is 18.2. The Morgan fingerprint density at radius 3 is 0.923 bits per heavy atom. The van der Waals surface area contributed by atoms with E-state index in [0.29, 0.717) is 36.3 Å². The van der Waals surface area contributed by atoms with Gasteiger partial charge in [0.15, 0.2) is 0 Å². The van der Waals surface area contributed by atoms with Crippen molar-refractivity contribution in [2.24, 2.45) is 0 Å². The van der Waals surface area contributed by atoms with Crippen LogP contribution in [0.5, 0.6) is 0 Å². The molecule has 0 aromatic carbocycles. The summed E-state index contributed by atoms with van der Waals surface area (Å²) in [5.74, 6) is 0. The minimum absolute atomic E-state index is 0.529. The molecule has 1 aliphatic rings. The SMILES string of the molecule is CO[Si](CC[Si]1(C)O[SiH](C)O[Si](C)(CC[Si](OC)(OC)OC)O[Si](C)(CC[Si](OC)(OC)OC)O1)(OC)OC. The minimum atomic E-state index is -2.96. The summed E-state index contributed by atoms with van der Waals surface area (Å²) < 4.78 is 78.7. The fourth-order valence-electron chi connectivity index (χ4n) is 4.84. The summed E-state index contributed by atoms with van der Waals surface area (Å²) in [4.78, 5) is 0. The Morgan fingerprint density at radius 2 is 0.692 bits per heavy atom. The van der Waals surface area contributed by atoms with Gasteiger partial charge in [-0.05, 0) is 44.3 Å². The molecule has 0 aliphatic carbocycles. The largest absolute Gasteiger partial charge is 0.500 e. The molecule has 0 amide bonds. The second kappa shape index (κ2) is 16.2. The van der Waals surface area contributed by atoms with Crippen LogP contribution in [0.1, 0.15) is 0 Å². The molecule has 0 spiro atoms. The molecule has 0 radical (unpaired) electrons. The van der Waals surface area contributed by atoms with Crippen LogP contribution in [0.15, 0.2) is 0 Å². The molecule has 0 saturated carbocycles. The molecule has 13 nitrogen and oxygen atoms in total. The van der Waals surface area contributed by atoms with Gasteiger partial charge in [-0.2, -0.15) is 0 Å². The summed E-state index contributed by atoms with van der Waals surface area (Å²) in [5, 5.41) is 0. The van der Waals surface area contributed by atoms with Gasteiger partial charge in [0.05, 0.1) is 0 Å². The van der Waals surface area contributed by atoms with E-state index in [-0.39, 0.29) is 0 Å². The molecule has 2 unspecified atom stereocenters. The maximum absolute atomic E-state index is 7.05. The quantitative estimate of drug-likeness (QED) is 0.197. The van der Waals surface area contributed by atoms with Crippen LogP contribution in [0.25, 0.3) is 0 Å². The Kier molecular flexibility index (Phi) is 15.8. The van der Waals surface area contributed by atoms with Crippen molar-refractivity contribution in [2.45, 2.75) is 62.5 Å². The zero-order valence-electron chi connectivity index (χ0n) is 26.1. The summed E-state index contributed by atoms with van der Waals surface area (Å²) in [6.45, 7) is 8.21. The molecule has 1 aliphatic heterocycles. The van der Waals surface area contributed by atoms with Gasteiger partial charge in [-0.1, -0.05) is 0 Å². The fraction of sp³-hybridized carbons (Fsp3) is 1.00. The van der Waals surface area contributed by atoms with Crippen molar-refractivity contribution < 1.29 is 56.3 Å². The van der Waals surface area contributed by atoms with Crippen LogP contribution in [0.4, 0.5) is 0 Å². The van der Waals surface area contributed by atoms with Gasteiger partial charge in [-0.25, -0.2) is 0 Å². The van der Waals surface area contributed by atoms with Crippen molar-refractivity contribution in [3.63, 3.8) is 0 Å². The molecule has 0 aromatic rings. The highest BCUT2D eigenvalue weighted by molar-refractivity contribution is 6.91. The van der Waals surface area contributed by atoms with Gasteiger partial charge in [-0.15, -0.1) is 0 Å². The van der Waals surface area contributed by atoms with E-state index in [1.54, 1.807) is 64.0 Å². The van der Waals surface area contributed by atoms with Crippen molar-refractivity contribution >= 4 is 61.4 Å². The summed E-state index contributed by atoms with van der Waals surface area (Å²) in [6.07, 6.45) is 0. The van der Waals surface area contributed by atoms with Crippen molar-refractivity contribution in [1.82, 2.24) is 0 Å². The van der Waals surface area contributed by atoms with E-state index in [2.05, 4.69) is 19.6 Å². The van der Waals surface area contributed by atoms with Crippen molar-refractivity contribution in [1.29, 1.82) is 0 Å². The van der Waals surface area contributed by atoms with Gasteiger partial charge < -0.3 is 56.3 Å². The lowest BCUT2D eigenvalue weighted by molar-refractivity contribution is 0.123. The van der Waals surface area contributed by atoms with Crippen molar-refractivity contribution in [3.8, 4) is 0 Å². The number of hydrogen-bond donors (Lipinski definition) is 0. The lowest BCUT2D eigenvalue weighted by Gasteiger charge is -2.47. The average Bonchev–Trinajstić information content (AvgIpc) is 2.91. The van der Waals surface area contributed by atoms with Crippen molar-refractivity contribution in [2.75, 3.05) is 64.0 Å². The first-order valence-electron chi connectivity index (χ1n) is 12.9. The standard InChI is InChI=1S/C19H52O13Si7/c1-20-37(21-2,22-3)17-14-34(11)29-33(10)30-35(12,15-18-38(23-4,24-5)25-6)32-36(13,31-34)16-19-39(26-7,27-8)28-9/h33H,14-19H2,1-13H3. The van der Waals surface area contributed by atoms with Gasteiger partial charge in [0.2, 0.25) is 0 Å². The summed E-state index contributed by atoms with van der Waals surface area (Å²) in [5.41, 5.74) is 0. The summed E-state index contributed by atoms with van der Waals surface area (Å²) in [6, 6.07) is 3.42. The maximum atomic E-state index is 7.05. The van der Waals surface area contributed by atoms with Crippen LogP contribution in [0.3, 0.4) is 0 Å². The first-order valence-corrected chi connectivity index (χ1v) is 28.4. The van der Waals surface area contributed by atoms with E-state index < -0.39 is 61.4 Å². The third-order valence-electron chi connectivity index (χ3n) is 7.15. The van der Waals surface area contributed by atoms with Crippen molar-refractivity contribution in [3.05, 3.63) is 0 Å². The van der Waals surface area contributed by atoms with E-state index in [1.807, 2.05) is 6.55 Å². The predicted octanol–water partition coefficient (Wildman–Crippen LogP) is 2.77. The van der Waals surface area contributed by atoms with E-state index >= 15 is 0 Å². The first kappa shape index (κ1) is 38.0. The third kappa shape index (κ3) is 10.6. The van der Waals surface area contributed by atoms with Gasteiger partial charge in [0.25, 0.3) is 0 Å². The maximum Gasteiger partial charge on any atom is 0.500 e. The lowest BCUT2D eigenvalue weighted by atomic mass is 10.9. The molecule has 39 heavy (non-hydrogen) atoms. The van der Waals surface area contributed by atoms with E-state index in [9.17, 15) is 0 Å². The molecule has 0 N–H and O–H groups in total. The Balaban J connectivity index is 3.38. The zero-order chi connectivity index (χ0) is 30.0. The Hall–Kier alpha value is 0.998. The number of hydrogen-bond acceptors (Lipinski definition) is 13. The van der Waals surface area contributed by atoms with Crippen LogP contribution >= 0.6 is 0 Å². The zero-order valence-corrected chi connectivity index (χ0v) is 33.3. The van der Waals surface area contributed by atoms with Crippen LogP contribution in [0, 0.1) is 0 Å². The minimum Gasteiger partial charge on any atom is -0.418 e. The monoisotopic (exact) mass is 684 g/mol. The molecule has 1 fully saturated rings. The highest BCUT2D eigenvalue weighted by Crippen LogP contribution is 2.37. The molecular formula is C19H52O13Si7. The highest BCUT2D eigenvalue weighted by Gasteiger charge is 2.56. The topological polar surface area (TPSA) is 120 Å². The molecular weight excluding hydrogens is 633 g/mol. The van der Waals surface area contributed by atoms with Gasteiger partial charge in [0, 0.05) is 82.1 Å². The normalized spacial score (nSPS) is 29.3. The summed E-state index contributed by atoms with van der Waals surface area (Å²) in [7, 11) is -4.88. The van der Waals surface area contributed by atoms with E-state index in [1.165, 1.54) is 0 Å². The smallest absolute Gasteiger partial charge is 0.418 e. The molecule has 1 saturated heterocycles. The molecule has 0 aromatic heterocycles. The lowest BCUT2D eigenvalue weighted by Crippen LogP contribution is -2.64. The molecule has 234 valence electrons. The second-order valence-electron chi connectivity index (χ2n) is 9.80. The molecule has 1 heterocycles. The van der Waals surface area contributed by atoms with E-state index in [0.717, 1.165) is 0 Å². The molecule has 2 atom stereocenters. The van der Waals surface area contributed by atoms with Crippen LogP contribution < -0.4 is 0 Å². The Bertz CT molecular complexity index is 650. The van der Waals surface area contributed by atoms with Gasteiger partial charge in [0.1, 0.15) is 0 Å². The summed E-state index contributed by atoms with van der Waals surface area (Å²) >= 11 is 0. The Morgan fingerprint density at radius 1 is 0.462 bits per heavy atom. The number of rotatable bonds is 18. The van der Waals surface area contributed by atoms with Gasteiger partial charge >= 0.3 is 61.4 Å². The van der Waals surface area contributed by atoms with Crippen LogP contribution in [0.2, 0.25) is 62.5 Å². The molecule has 0 bridgehead atoms. The molecule has 1 rings (SSSR count). The second-order valence-corrected chi connectivity index (χ2v) is 32.0. The average molecular weight is 685 g/mol. The van der Waals surface area contributed by atoms with Crippen LogP contribution in [-0.4, -0.2) is 125 Å².